The zero-order valence-corrected chi connectivity index (χ0v) is 16.7. The van der Waals surface area contributed by atoms with Crippen molar-refractivity contribution in [3.63, 3.8) is 0 Å². The molecule has 31 heavy (non-hydrogen) atoms. The summed E-state index contributed by atoms with van der Waals surface area (Å²) in [5.41, 5.74) is 9.04. The number of amides is 1. The molecule has 2 aromatic carbocycles. The van der Waals surface area contributed by atoms with Gasteiger partial charge in [0.2, 0.25) is 0 Å². The molecule has 0 saturated carbocycles. The standard InChI is InChI=1S/C22H20N6O3/c1-14(31-18(29)11-28-13-26-19-20(23)24-12-25-21(19)28)22(30)27-17-10-6-5-9-16(17)15-7-3-2-4-8-15/h2-10,12-14H,11H2,1H3,(H,27,30)(H2,23,24,25). The fourth-order valence-corrected chi connectivity index (χ4v) is 3.14. The van der Waals surface area contributed by atoms with Gasteiger partial charge in [-0.1, -0.05) is 48.5 Å². The van der Waals surface area contributed by atoms with Gasteiger partial charge in [0.15, 0.2) is 17.6 Å². The maximum atomic E-state index is 12.6. The molecule has 0 bridgehead atoms. The van der Waals surface area contributed by atoms with Crippen LogP contribution in [0.3, 0.4) is 0 Å². The van der Waals surface area contributed by atoms with Gasteiger partial charge in [-0.3, -0.25) is 9.59 Å². The Hall–Kier alpha value is -4.27. The first kappa shape index (κ1) is 20.0. The van der Waals surface area contributed by atoms with Gasteiger partial charge in [0, 0.05) is 11.3 Å². The minimum absolute atomic E-state index is 0.162. The van der Waals surface area contributed by atoms with Crippen LogP contribution in [0.5, 0.6) is 0 Å². The van der Waals surface area contributed by atoms with Crippen LogP contribution in [0.25, 0.3) is 22.3 Å². The lowest BCUT2D eigenvalue weighted by molar-refractivity contribution is -0.153. The summed E-state index contributed by atoms with van der Waals surface area (Å²) in [6.45, 7) is 1.36. The number of esters is 1. The van der Waals surface area contributed by atoms with Crippen LogP contribution in [0.4, 0.5) is 11.5 Å². The third kappa shape index (κ3) is 4.35. The van der Waals surface area contributed by atoms with E-state index in [1.807, 2.05) is 48.5 Å². The van der Waals surface area contributed by atoms with Crippen LogP contribution < -0.4 is 11.1 Å². The SMILES string of the molecule is CC(OC(=O)Cn1cnc2c(N)ncnc21)C(=O)Nc1ccccc1-c1ccccc1. The van der Waals surface area contributed by atoms with E-state index in [4.69, 9.17) is 10.5 Å². The number of nitrogens with zero attached hydrogens (tertiary/aromatic N) is 4. The second kappa shape index (κ2) is 8.62. The van der Waals surface area contributed by atoms with Crippen molar-refractivity contribution in [1.29, 1.82) is 0 Å². The van der Waals surface area contributed by atoms with Crippen LogP contribution >= 0.6 is 0 Å². The second-order valence-corrected chi connectivity index (χ2v) is 6.84. The lowest BCUT2D eigenvalue weighted by atomic mass is 10.0. The molecule has 0 radical (unpaired) electrons. The minimum atomic E-state index is -0.995. The maximum absolute atomic E-state index is 12.6. The van der Waals surface area contributed by atoms with E-state index < -0.39 is 18.0 Å². The topological polar surface area (TPSA) is 125 Å². The van der Waals surface area contributed by atoms with Gasteiger partial charge in [-0.25, -0.2) is 15.0 Å². The summed E-state index contributed by atoms with van der Waals surface area (Å²) < 4.78 is 6.80. The molecule has 0 fully saturated rings. The number of para-hydroxylation sites is 1. The second-order valence-electron chi connectivity index (χ2n) is 6.84. The number of nitrogens with one attached hydrogen (secondary N) is 1. The highest BCUT2D eigenvalue weighted by atomic mass is 16.5. The largest absolute Gasteiger partial charge is 0.451 e. The molecular formula is C22H20N6O3. The van der Waals surface area contributed by atoms with Crippen molar-refractivity contribution in [3.05, 3.63) is 67.3 Å². The molecule has 156 valence electrons. The number of hydrogen-bond donors (Lipinski definition) is 2. The Morgan fingerprint density at radius 2 is 1.81 bits per heavy atom. The Kier molecular flexibility index (Phi) is 5.57. The Morgan fingerprint density at radius 1 is 1.06 bits per heavy atom. The third-order valence-electron chi connectivity index (χ3n) is 4.68. The van der Waals surface area contributed by atoms with Crippen LogP contribution in [0.15, 0.2) is 67.3 Å². The summed E-state index contributed by atoms with van der Waals surface area (Å²) in [6, 6.07) is 17.1. The van der Waals surface area contributed by atoms with Crippen LogP contribution in [-0.4, -0.2) is 37.5 Å². The highest BCUT2D eigenvalue weighted by molar-refractivity contribution is 5.98. The van der Waals surface area contributed by atoms with Crippen LogP contribution in [-0.2, 0) is 20.9 Å². The van der Waals surface area contributed by atoms with Crippen molar-refractivity contribution in [2.75, 3.05) is 11.1 Å². The molecule has 0 aliphatic carbocycles. The monoisotopic (exact) mass is 416 g/mol. The smallest absolute Gasteiger partial charge is 0.326 e. The number of ether oxygens (including phenoxy) is 1. The highest BCUT2D eigenvalue weighted by Gasteiger charge is 2.20. The molecule has 4 rings (SSSR count). The Balaban J connectivity index is 1.42. The summed E-state index contributed by atoms with van der Waals surface area (Å²) in [7, 11) is 0. The van der Waals surface area contributed by atoms with Crippen LogP contribution in [0.1, 0.15) is 6.92 Å². The van der Waals surface area contributed by atoms with E-state index in [-0.39, 0.29) is 12.4 Å². The van der Waals surface area contributed by atoms with Crippen LogP contribution in [0, 0.1) is 0 Å². The number of rotatable bonds is 6. The van der Waals surface area contributed by atoms with E-state index in [1.54, 1.807) is 6.07 Å². The quantitative estimate of drug-likeness (QED) is 0.463. The van der Waals surface area contributed by atoms with Crippen molar-refractivity contribution in [3.8, 4) is 11.1 Å². The molecule has 0 saturated heterocycles. The van der Waals surface area contributed by atoms with Crippen molar-refractivity contribution in [1.82, 2.24) is 19.5 Å². The Morgan fingerprint density at radius 3 is 2.61 bits per heavy atom. The number of aromatic nitrogens is 4. The molecule has 2 heterocycles. The average Bonchev–Trinajstić information content (AvgIpc) is 3.18. The molecule has 2 aromatic heterocycles. The van der Waals surface area contributed by atoms with E-state index >= 15 is 0 Å². The summed E-state index contributed by atoms with van der Waals surface area (Å²) in [6.07, 6.45) is 1.73. The van der Waals surface area contributed by atoms with E-state index in [0.717, 1.165) is 11.1 Å². The zero-order valence-electron chi connectivity index (χ0n) is 16.7. The molecule has 1 amide bonds. The molecule has 1 atom stereocenters. The summed E-state index contributed by atoms with van der Waals surface area (Å²) in [5.74, 6) is -0.809. The number of carbonyl (C=O) groups is 2. The number of hydrogen-bond acceptors (Lipinski definition) is 7. The molecule has 0 aliphatic heterocycles. The first-order chi connectivity index (χ1) is 15.0. The Bertz CT molecular complexity index is 1240. The van der Waals surface area contributed by atoms with Gasteiger partial charge in [0.05, 0.1) is 6.33 Å². The first-order valence-electron chi connectivity index (χ1n) is 9.59. The number of anilines is 2. The predicted octanol–water partition coefficient (Wildman–Crippen LogP) is 2.65. The normalized spacial score (nSPS) is 11.8. The molecule has 1 unspecified atom stereocenters. The van der Waals surface area contributed by atoms with Crippen molar-refractivity contribution in [2.45, 2.75) is 19.6 Å². The fraction of sp³-hybridized carbons (Fsp3) is 0.136. The lowest BCUT2D eigenvalue weighted by Gasteiger charge is -2.16. The third-order valence-corrected chi connectivity index (χ3v) is 4.68. The molecule has 0 spiro atoms. The predicted molar refractivity (Wildman–Crippen MR) is 116 cm³/mol. The number of fused-ring (bicyclic) bond motifs is 1. The van der Waals surface area contributed by atoms with Gasteiger partial charge in [-0.05, 0) is 18.6 Å². The van der Waals surface area contributed by atoms with Crippen molar-refractivity contribution >= 4 is 34.5 Å². The highest BCUT2D eigenvalue weighted by Crippen LogP contribution is 2.27. The maximum Gasteiger partial charge on any atom is 0.326 e. The van der Waals surface area contributed by atoms with Crippen molar-refractivity contribution < 1.29 is 14.3 Å². The number of nitrogens with two attached hydrogens (primary N) is 1. The molecule has 9 nitrogen and oxygen atoms in total. The molecule has 4 aromatic rings. The van der Waals surface area contributed by atoms with Gasteiger partial charge < -0.3 is 20.4 Å². The van der Waals surface area contributed by atoms with Crippen LogP contribution in [0.2, 0.25) is 0 Å². The van der Waals surface area contributed by atoms with E-state index in [1.165, 1.54) is 24.1 Å². The number of nitrogen functional groups attached to an aromatic ring is 1. The molecule has 3 N–H and O–H groups in total. The first-order valence-corrected chi connectivity index (χ1v) is 9.59. The molecule has 9 heteroatoms. The van der Waals surface area contributed by atoms with Gasteiger partial charge in [0.25, 0.3) is 5.91 Å². The fourth-order valence-electron chi connectivity index (χ4n) is 3.14. The van der Waals surface area contributed by atoms with E-state index in [0.29, 0.717) is 16.9 Å². The summed E-state index contributed by atoms with van der Waals surface area (Å²) in [4.78, 5) is 37.1. The minimum Gasteiger partial charge on any atom is -0.451 e. The zero-order chi connectivity index (χ0) is 21.8. The molecule has 0 aliphatic rings. The van der Waals surface area contributed by atoms with Gasteiger partial charge >= 0.3 is 5.97 Å². The van der Waals surface area contributed by atoms with Crippen molar-refractivity contribution in [2.24, 2.45) is 0 Å². The lowest BCUT2D eigenvalue weighted by Crippen LogP contribution is -2.31. The molecular weight excluding hydrogens is 396 g/mol. The summed E-state index contributed by atoms with van der Waals surface area (Å²) in [5, 5.41) is 2.84. The number of imidazole rings is 1. The van der Waals surface area contributed by atoms with E-state index in [9.17, 15) is 9.59 Å². The Labute approximate surface area is 177 Å². The summed E-state index contributed by atoms with van der Waals surface area (Å²) >= 11 is 0. The number of benzene rings is 2. The van der Waals surface area contributed by atoms with Gasteiger partial charge in [0.1, 0.15) is 18.4 Å². The van der Waals surface area contributed by atoms with E-state index in [2.05, 4.69) is 20.3 Å². The van der Waals surface area contributed by atoms with Gasteiger partial charge in [-0.2, -0.15) is 0 Å². The van der Waals surface area contributed by atoms with Gasteiger partial charge in [-0.15, -0.1) is 0 Å². The average molecular weight is 416 g/mol. The number of carbonyl (C=O) groups excluding carboxylic acids is 2.